The number of aliphatic hydroxyl groups excluding tert-OH is 1. The van der Waals surface area contributed by atoms with Crippen LogP contribution in [0.1, 0.15) is 33.1 Å². The molecule has 0 amide bonds. The Morgan fingerprint density at radius 2 is 1.77 bits per heavy atom. The summed E-state index contributed by atoms with van der Waals surface area (Å²) in [6.45, 7) is 10.6. The van der Waals surface area contributed by atoms with Crippen LogP contribution in [0.5, 0.6) is 0 Å². The summed E-state index contributed by atoms with van der Waals surface area (Å²) in [5.74, 6) is 0. The topological polar surface area (TPSA) is 26.7 Å². The van der Waals surface area contributed by atoms with E-state index in [1.54, 1.807) is 0 Å². The lowest BCUT2D eigenvalue weighted by Gasteiger charge is -2.37. The average molecular weight is 323 g/mol. The first-order chi connectivity index (χ1) is 10.7. The van der Waals surface area contributed by atoms with Crippen LogP contribution in [-0.4, -0.2) is 54.6 Å². The van der Waals surface area contributed by atoms with Crippen molar-refractivity contribution >= 4 is 17.4 Å². The minimum Gasteiger partial charge on any atom is -0.396 e. The molecular weight excluding hydrogens is 292 g/mol. The molecule has 0 saturated carbocycles. The number of hydrogen-bond donors (Lipinski definition) is 1. The van der Waals surface area contributed by atoms with E-state index in [0.717, 1.165) is 39.0 Å². The quantitative estimate of drug-likeness (QED) is 0.585. The highest BCUT2D eigenvalue weighted by molar-refractivity contribution is 8.00. The van der Waals surface area contributed by atoms with Crippen molar-refractivity contribution in [3.63, 3.8) is 0 Å². The first-order valence-electron chi connectivity index (χ1n) is 8.54. The molecule has 1 heterocycles. The summed E-state index contributed by atoms with van der Waals surface area (Å²) < 4.78 is 0. The molecule has 22 heavy (non-hydrogen) atoms. The maximum Gasteiger partial charge on any atom is 0.0505 e. The Morgan fingerprint density at radius 3 is 2.45 bits per heavy atom. The molecule has 0 aliphatic carbocycles. The van der Waals surface area contributed by atoms with E-state index in [2.05, 4.69) is 47.9 Å². The standard InChI is InChI=1S/C18H30N2OS/c1-16(2)22-18-9-5-4-8-17(18)20-13-11-19(12-14-20)10-6-3-7-15-21/h4-5,8-9,16,21H,3,6-7,10-15H2,1-2H3. The number of nitrogens with zero attached hydrogens (tertiary/aromatic N) is 2. The molecule has 2 rings (SSSR count). The first-order valence-corrected chi connectivity index (χ1v) is 9.42. The SMILES string of the molecule is CC(C)Sc1ccccc1N1CCN(CCCCCO)CC1. The number of aliphatic hydroxyl groups is 1. The highest BCUT2D eigenvalue weighted by atomic mass is 32.2. The van der Waals surface area contributed by atoms with Gasteiger partial charge in [-0.15, -0.1) is 11.8 Å². The highest BCUT2D eigenvalue weighted by Gasteiger charge is 2.19. The summed E-state index contributed by atoms with van der Waals surface area (Å²) in [5.41, 5.74) is 1.40. The molecule has 1 N–H and O–H groups in total. The molecule has 0 spiro atoms. The van der Waals surface area contributed by atoms with E-state index >= 15 is 0 Å². The summed E-state index contributed by atoms with van der Waals surface area (Å²) in [5, 5.41) is 9.45. The lowest BCUT2D eigenvalue weighted by molar-refractivity contribution is 0.242. The van der Waals surface area contributed by atoms with Crippen LogP contribution in [0.25, 0.3) is 0 Å². The number of rotatable bonds is 8. The maximum atomic E-state index is 8.83. The van der Waals surface area contributed by atoms with Crippen molar-refractivity contribution in [1.82, 2.24) is 4.90 Å². The van der Waals surface area contributed by atoms with Gasteiger partial charge in [-0.25, -0.2) is 0 Å². The van der Waals surface area contributed by atoms with Gasteiger partial charge in [0.05, 0.1) is 5.69 Å². The smallest absolute Gasteiger partial charge is 0.0505 e. The fourth-order valence-corrected chi connectivity index (χ4v) is 3.89. The van der Waals surface area contributed by atoms with Gasteiger partial charge < -0.3 is 10.0 Å². The molecule has 0 bridgehead atoms. The predicted octanol–water partition coefficient (Wildman–Crippen LogP) is 3.47. The Bertz CT molecular complexity index is 431. The van der Waals surface area contributed by atoms with Crippen molar-refractivity contribution in [3.05, 3.63) is 24.3 Å². The second-order valence-corrected chi connectivity index (χ2v) is 7.87. The third kappa shape index (κ3) is 5.49. The number of para-hydroxylation sites is 1. The summed E-state index contributed by atoms with van der Waals surface area (Å²) >= 11 is 1.96. The van der Waals surface area contributed by atoms with Crippen molar-refractivity contribution < 1.29 is 5.11 Å². The zero-order valence-electron chi connectivity index (χ0n) is 14.0. The zero-order valence-corrected chi connectivity index (χ0v) is 14.8. The van der Waals surface area contributed by atoms with Crippen LogP contribution in [0, 0.1) is 0 Å². The van der Waals surface area contributed by atoms with Gasteiger partial charge in [0.1, 0.15) is 0 Å². The summed E-state index contributed by atoms with van der Waals surface area (Å²) in [6.07, 6.45) is 3.30. The second-order valence-electron chi connectivity index (χ2n) is 6.25. The molecule has 1 aliphatic heterocycles. The van der Waals surface area contributed by atoms with Crippen molar-refractivity contribution in [2.24, 2.45) is 0 Å². The van der Waals surface area contributed by atoms with E-state index in [0.29, 0.717) is 11.9 Å². The number of unbranched alkanes of at least 4 members (excludes halogenated alkanes) is 2. The molecule has 1 aromatic carbocycles. The van der Waals surface area contributed by atoms with Crippen LogP contribution in [0.2, 0.25) is 0 Å². The molecule has 1 fully saturated rings. The second kappa shape index (κ2) is 9.43. The summed E-state index contributed by atoms with van der Waals surface area (Å²) in [7, 11) is 0. The number of piperazine rings is 1. The van der Waals surface area contributed by atoms with Gasteiger partial charge in [0, 0.05) is 42.9 Å². The Hall–Kier alpha value is -0.710. The number of benzene rings is 1. The Morgan fingerprint density at radius 1 is 1.05 bits per heavy atom. The summed E-state index contributed by atoms with van der Waals surface area (Å²) in [4.78, 5) is 6.51. The Labute approximate surface area is 139 Å². The van der Waals surface area contributed by atoms with Crippen LogP contribution < -0.4 is 4.90 Å². The van der Waals surface area contributed by atoms with E-state index in [9.17, 15) is 0 Å². The Kier molecular flexibility index (Phi) is 7.56. The number of thioether (sulfide) groups is 1. The molecule has 3 nitrogen and oxygen atoms in total. The predicted molar refractivity (Wildman–Crippen MR) is 97.0 cm³/mol. The van der Waals surface area contributed by atoms with E-state index in [-0.39, 0.29) is 0 Å². The molecule has 1 aliphatic rings. The highest BCUT2D eigenvalue weighted by Crippen LogP contribution is 2.33. The zero-order chi connectivity index (χ0) is 15.8. The third-order valence-electron chi connectivity index (χ3n) is 4.07. The normalized spacial score (nSPS) is 16.5. The number of hydrogen-bond acceptors (Lipinski definition) is 4. The van der Waals surface area contributed by atoms with Gasteiger partial charge >= 0.3 is 0 Å². The number of anilines is 1. The van der Waals surface area contributed by atoms with Crippen molar-refractivity contribution in [2.45, 2.75) is 43.3 Å². The van der Waals surface area contributed by atoms with Crippen LogP contribution in [0.3, 0.4) is 0 Å². The van der Waals surface area contributed by atoms with Gasteiger partial charge in [0.2, 0.25) is 0 Å². The molecule has 0 aromatic heterocycles. The molecule has 0 atom stereocenters. The average Bonchev–Trinajstić information content (AvgIpc) is 2.52. The van der Waals surface area contributed by atoms with Gasteiger partial charge in [0.25, 0.3) is 0 Å². The van der Waals surface area contributed by atoms with Gasteiger partial charge in [0.15, 0.2) is 0 Å². The van der Waals surface area contributed by atoms with Gasteiger partial charge in [-0.2, -0.15) is 0 Å². The van der Waals surface area contributed by atoms with Gasteiger partial charge in [-0.3, -0.25) is 4.90 Å². The fraction of sp³-hybridized carbons (Fsp3) is 0.667. The molecule has 124 valence electrons. The fourth-order valence-electron chi connectivity index (χ4n) is 2.91. The molecule has 0 radical (unpaired) electrons. The Balaban J connectivity index is 1.84. The monoisotopic (exact) mass is 322 g/mol. The van der Waals surface area contributed by atoms with Crippen LogP contribution >= 0.6 is 11.8 Å². The van der Waals surface area contributed by atoms with Crippen molar-refractivity contribution in [1.29, 1.82) is 0 Å². The van der Waals surface area contributed by atoms with E-state index in [1.165, 1.54) is 23.5 Å². The minimum atomic E-state index is 0.331. The molecule has 1 aromatic rings. The lowest BCUT2D eigenvalue weighted by Crippen LogP contribution is -2.46. The molecule has 0 unspecified atom stereocenters. The van der Waals surface area contributed by atoms with Crippen LogP contribution in [0.4, 0.5) is 5.69 Å². The molecular formula is C18H30N2OS. The minimum absolute atomic E-state index is 0.331. The lowest BCUT2D eigenvalue weighted by atomic mass is 10.2. The van der Waals surface area contributed by atoms with Gasteiger partial charge in [-0.1, -0.05) is 26.0 Å². The maximum absolute atomic E-state index is 8.83. The molecule has 4 heteroatoms. The molecule has 1 saturated heterocycles. The summed E-state index contributed by atoms with van der Waals surface area (Å²) in [6, 6.07) is 8.81. The third-order valence-corrected chi connectivity index (χ3v) is 5.14. The van der Waals surface area contributed by atoms with E-state index in [1.807, 2.05) is 11.8 Å². The first kappa shape index (κ1) is 17.6. The van der Waals surface area contributed by atoms with Gasteiger partial charge in [-0.05, 0) is 37.9 Å². The van der Waals surface area contributed by atoms with Crippen LogP contribution in [0.15, 0.2) is 29.2 Å². The van der Waals surface area contributed by atoms with Crippen molar-refractivity contribution in [2.75, 3.05) is 44.2 Å². The van der Waals surface area contributed by atoms with Crippen molar-refractivity contribution in [3.8, 4) is 0 Å². The van der Waals surface area contributed by atoms with Crippen LogP contribution in [-0.2, 0) is 0 Å². The van der Waals surface area contributed by atoms with E-state index < -0.39 is 0 Å². The largest absolute Gasteiger partial charge is 0.396 e. The van der Waals surface area contributed by atoms with E-state index in [4.69, 9.17) is 5.11 Å².